The number of hydrogen-bond acceptors (Lipinski definition) is 0. The standard InChI is InChI=1S/C29H22/c1-21-9-11-22(12-10-21)13-14-23-15-17-24(18-16-23)28-8-4-7-27-19-25-5-2-3-6-26(25)20-29(27)28/h2-20H,1H3. The Bertz CT molecular complexity index is 1320. The number of hydrogen-bond donors (Lipinski definition) is 0. The van der Waals surface area contributed by atoms with Gasteiger partial charge >= 0.3 is 0 Å². The average molecular weight is 370 g/mol. The van der Waals surface area contributed by atoms with Crippen molar-refractivity contribution < 1.29 is 0 Å². The van der Waals surface area contributed by atoms with Gasteiger partial charge in [-0.3, -0.25) is 0 Å². The third-order valence-electron chi connectivity index (χ3n) is 5.51. The molecule has 0 atom stereocenters. The molecule has 0 heterocycles. The molecule has 0 aliphatic rings. The van der Waals surface area contributed by atoms with Gasteiger partial charge < -0.3 is 0 Å². The normalized spacial score (nSPS) is 11.5. The molecule has 138 valence electrons. The van der Waals surface area contributed by atoms with Crippen molar-refractivity contribution in [2.24, 2.45) is 0 Å². The van der Waals surface area contributed by atoms with Gasteiger partial charge in [0.25, 0.3) is 0 Å². The first-order chi connectivity index (χ1) is 14.3. The molecule has 29 heavy (non-hydrogen) atoms. The lowest BCUT2D eigenvalue weighted by atomic mass is 9.95. The molecule has 5 aromatic rings. The zero-order valence-corrected chi connectivity index (χ0v) is 16.5. The van der Waals surface area contributed by atoms with Crippen LogP contribution in [0.5, 0.6) is 0 Å². The molecule has 0 N–H and O–H groups in total. The van der Waals surface area contributed by atoms with E-state index in [1.54, 1.807) is 0 Å². The Labute approximate surface area is 171 Å². The van der Waals surface area contributed by atoms with Crippen LogP contribution >= 0.6 is 0 Å². The van der Waals surface area contributed by atoms with Crippen LogP contribution in [0.4, 0.5) is 0 Å². The van der Waals surface area contributed by atoms with Crippen LogP contribution in [0.3, 0.4) is 0 Å². The van der Waals surface area contributed by atoms with Crippen LogP contribution in [0, 0.1) is 6.92 Å². The summed E-state index contributed by atoms with van der Waals surface area (Å²) >= 11 is 0. The van der Waals surface area contributed by atoms with Gasteiger partial charge in [0.1, 0.15) is 0 Å². The van der Waals surface area contributed by atoms with Crippen LogP contribution in [0.15, 0.2) is 103 Å². The van der Waals surface area contributed by atoms with E-state index in [1.807, 2.05) is 0 Å². The Balaban J connectivity index is 1.50. The summed E-state index contributed by atoms with van der Waals surface area (Å²) < 4.78 is 0. The minimum Gasteiger partial charge on any atom is -0.0616 e. The van der Waals surface area contributed by atoms with Crippen molar-refractivity contribution in [3.8, 4) is 11.1 Å². The molecule has 0 aromatic heterocycles. The van der Waals surface area contributed by atoms with Gasteiger partial charge in [-0.25, -0.2) is 0 Å². The smallest absolute Gasteiger partial charge is 0.00990 e. The highest BCUT2D eigenvalue weighted by atomic mass is 14.1. The molecule has 0 radical (unpaired) electrons. The van der Waals surface area contributed by atoms with E-state index in [9.17, 15) is 0 Å². The van der Waals surface area contributed by atoms with E-state index < -0.39 is 0 Å². The van der Waals surface area contributed by atoms with Gasteiger partial charge in [0.2, 0.25) is 0 Å². The fourth-order valence-corrected chi connectivity index (χ4v) is 3.86. The molecule has 0 fully saturated rings. The first-order valence-electron chi connectivity index (χ1n) is 10.0. The molecule has 0 bridgehead atoms. The third kappa shape index (κ3) is 3.58. The molecule has 0 spiro atoms. The van der Waals surface area contributed by atoms with Gasteiger partial charge in [0.05, 0.1) is 0 Å². The Morgan fingerprint density at radius 1 is 0.517 bits per heavy atom. The van der Waals surface area contributed by atoms with Crippen molar-refractivity contribution in [1.29, 1.82) is 0 Å². The second kappa shape index (κ2) is 7.41. The molecule has 5 aromatic carbocycles. The maximum absolute atomic E-state index is 2.31. The molecule has 0 heteroatoms. The molecule has 0 saturated carbocycles. The average Bonchev–Trinajstić information content (AvgIpc) is 2.77. The Morgan fingerprint density at radius 2 is 1.10 bits per heavy atom. The van der Waals surface area contributed by atoms with E-state index >= 15 is 0 Å². The number of aryl methyl sites for hydroxylation is 1. The lowest BCUT2D eigenvalue weighted by molar-refractivity contribution is 1.46. The van der Waals surface area contributed by atoms with Crippen LogP contribution in [0.2, 0.25) is 0 Å². The van der Waals surface area contributed by atoms with Crippen LogP contribution in [0.25, 0.3) is 44.8 Å². The second-order valence-electron chi connectivity index (χ2n) is 7.59. The van der Waals surface area contributed by atoms with E-state index in [4.69, 9.17) is 0 Å². The molecular formula is C29H22. The molecule has 0 unspecified atom stereocenters. The van der Waals surface area contributed by atoms with E-state index in [0.717, 1.165) is 0 Å². The highest BCUT2D eigenvalue weighted by molar-refractivity contribution is 6.05. The Morgan fingerprint density at radius 3 is 1.79 bits per heavy atom. The number of benzene rings is 5. The summed E-state index contributed by atoms with van der Waals surface area (Å²) in [6, 6.07) is 37.2. The predicted octanol–water partition coefficient (Wildman–Crippen LogP) is 8.14. The van der Waals surface area contributed by atoms with Crippen LogP contribution in [-0.2, 0) is 0 Å². The fraction of sp³-hybridized carbons (Fsp3) is 0.0345. The summed E-state index contributed by atoms with van der Waals surface area (Å²) in [6.45, 7) is 2.11. The largest absolute Gasteiger partial charge is 0.0616 e. The van der Waals surface area contributed by atoms with Crippen molar-refractivity contribution in [1.82, 2.24) is 0 Å². The van der Waals surface area contributed by atoms with Gasteiger partial charge in [0.15, 0.2) is 0 Å². The fourth-order valence-electron chi connectivity index (χ4n) is 3.86. The minimum absolute atomic E-state index is 1.21. The first-order valence-corrected chi connectivity index (χ1v) is 10.0. The van der Waals surface area contributed by atoms with Crippen molar-refractivity contribution in [3.63, 3.8) is 0 Å². The summed E-state index contributed by atoms with van der Waals surface area (Å²) in [5.41, 5.74) is 6.25. The SMILES string of the molecule is Cc1ccc(C=Cc2ccc(-c3cccc4cc5ccccc5cc34)cc2)cc1. The summed E-state index contributed by atoms with van der Waals surface area (Å²) in [5.74, 6) is 0. The highest BCUT2D eigenvalue weighted by Gasteiger charge is 2.05. The maximum Gasteiger partial charge on any atom is -0.00990 e. The van der Waals surface area contributed by atoms with Crippen molar-refractivity contribution in [2.45, 2.75) is 6.92 Å². The number of fused-ring (bicyclic) bond motifs is 2. The van der Waals surface area contributed by atoms with Crippen molar-refractivity contribution in [2.75, 3.05) is 0 Å². The topological polar surface area (TPSA) is 0 Å². The van der Waals surface area contributed by atoms with Crippen LogP contribution < -0.4 is 0 Å². The van der Waals surface area contributed by atoms with Gasteiger partial charge in [-0.05, 0) is 62.9 Å². The van der Waals surface area contributed by atoms with E-state index in [-0.39, 0.29) is 0 Å². The van der Waals surface area contributed by atoms with Crippen LogP contribution in [0.1, 0.15) is 16.7 Å². The lowest BCUT2D eigenvalue weighted by Gasteiger charge is -2.09. The predicted molar refractivity (Wildman–Crippen MR) is 127 cm³/mol. The van der Waals surface area contributed by atoms with E-state index in [2.05, 4.69) is 122 Å². The third-order valence-corrected chi connectivity index (χ3v) is 5.51. The molecule has 0 saturated heterocycles. The van der Waals surface area contributed by atoms with Crippen molar-refractivity contribution in [3.05, 3.63) is 120 Å². The van der Waals surface area contributed by atoms with Gasteiger partial charge in [0, 0.05) is 0 Å². The molecule has 5 rings (SSSR count). The summed E-state index contributed by atoms with van der Waals surface area (Å²) in [6.07, 6.45) is 4.34. The van der Waals surface area contributed by atoms with Gasteiger partial charge in [-0.15, -0.1) is 0 Å². The van der Waals surface area contributed by atoms with Crippen molar-refractivity contribution >= 4 is 33.7 Å². The number of rotatable bonds is 3. The molecule has 0 aliphatic carbocycles. The Hall–Kier alpha value is -3.64. The summed E-state index contributed by atoms with van der Waals surface area (Å²) in [7, 11) is 0. The zero-order chi connectivity index (χ0) is 19.6. The molecule has 0 nitrogen and oxygen atoms in total. The van der Waals surface area contributed by atoms with E-state index in [1.165, 1.54) is 49.4 Å². The second-order valence-corrected chi connectivity index (χ2v) is 7.59. The highest BCUT2D eigenvalue weighted by Crippen LogP contribution is 2.32. The Kier molecular flexibility index (Phi) is 4.46. The maximum atomic E-state index is 2.31. The molecule has 0 aliphatic heterocycles. The minimum atomic E-state index is 1.21. The molecule has 0 amide bonds. The summed E-state index contributed by atoms with van der Waals surface area (Å²) in [5, 5.41) is 5.15. The monoisotopic (exact) mass is 370 g/mol. The summed E-state index contributed by atoms with van der Waals surface area (Å²) in [4.78, 5) is 0. The van der Waals surface area contributed by atoms with Gasteiger partial charge in [-0.1, -0.05) is 109 Å². The first kappa shape index (κ1) is 17.5. The zero-order valence-electron chi connectivity index (χ0n) is 16.5. The quantitative estimate of drug-likeness (QED) is 0.222. The van der Waals surface area contributed by atoms with Crippen LogP contribution in [-0.4, -0.2) is 0 Å². The van der Waals surface area contributed by atoms with Gasteiger partial charge in [-0.2, -0.15) is 0 Å². The lowest BCUT2D eigenvalue weighted by Crippen LogP contribution is -1.83. The van der Waals surface area contributed by atoms with E-state index in [0.29, 0.717) is 0 Å². The molecular weight excluding hydrogens is 348 g/mol.